The quantitative estimate of drug-likeness (QED) is 0.566. The summed E-state index contributed by atoms with van der Waals surface area (Å²) in [5.41, 5.74) is 2.48. The van der Waals surface area contributed by atoms with Gasteiger partial charge in [-0.2, -0.15) is 0 Å². The first-order valence-electron chi connectivity index (χ1n) is 11.7. The first kappa shape index (κ1) is 22.0. The van der Waals surface area contributed by atoms with Gasteiger partial charge in [0.15, 0.2) is 5.82 Å². The maximum absolute atomic E-state index is 14.4. The zero-order valence-corrected chi connectivity index (χ0v) is 18.8. The van der Waals surface area contributed by atoms with E-state index in [4.69, 9.17) is 0 Å². The molecule has 0 atom stereocenters. The largest absolute Gasteiger partial charge is 0.320 e. The second-order valence-electron chi connectivity index (χ2n) is 8.66. The number of carbonyl (C=O) groups is 2. The van der Waals surface area contributed by atoms with E-state index in [-0.39, 0.29) is 11.6 Å². The molecule has 1 fully saturated rings. The molecule has 2 aromatic carbocycles. The van der Waals surface area contributed by atoms with E-state index in [2.05, 4.69) is 20.1 Å². The molecule has 0 spiro atoms. The second kappa shape index (κ2) is 9.59. The lowest BCUT2D eigenvalue weighted by Crippen LogP contribution is -2.23. The fraction of sp³-hybridized carbons (Fsp3) is 0.308. The molecule has 0 saturated carbocycles. The predicted octanol–water partition coefficient (Wildman–Crippen LogP) is 4.59. The summed E-state index contributed by atoms with van der Waals surface area (Å²) < 4.78 is 16.5. The normalized spacial score (nSPS) is 16.0. The summed E-state index contributed by atoms with van der Waals surface area (Å²) in [4.78, 5) is 26.1. The number of amides is 2. The van der Waals surface area contributed by atoms with Crippen molar-refractivity contribution in [1.82, 2.24) is 14.8 Å². The van der Waals surface area contributed by atoms with E-state index >= 15 is 0 Å². The number of nitrogens with zero attached hydrogens (tertiary/aromatic N) is 4. The van der Waals surface area contributed by atoms with Crippen molar-refractivity contribution in [1.29, 1.82) is 0 Å². The van der Waals surface area contributed by atoms with Gasteiger partial charge in [-0.1, -0.05) is 18.6 Å². The summed E-state index contributed by atoms with van der Waals surface area (Å²) in [6, 6.07) is 12.0. The molecule has 1 saturated heterocycles. The Morgan fingerprint density at radius 3 is 2.62 bits per heavy atom. The van der Waals surface area contributed by atoms with E-state index in [1.807, 2.05) is 24.3 Å². The number of halogens is 1. The number of aromatic nitrogens is 3. The number of carbonyl (C=O) groups excluding carboxylic acids is 2. The Morgan fingerprint density at radius 1 is 0.971 bits per heavy atom. The minimum Gasteiger partial charge on any atom is -0.320 e. The van der Waals surface area contributed by atoms with Crippen LogP contribution in [-0.4, -0.2) is 33.1 Å². The zero-order chi connectivity index (χ0) is 23.5. The minimum atomic E-state index is -0.513. The van der Waals surface area contributed by atoms with Gasteiger partial charge in [-0.3, -0.25) is 9.59 Å². The smallest absolute Gasteiger partial charge is 0.248 e. The summed E-state index contributed by atoms with van der Waals surface area (Å²) in [5, 5.41) is 11.2. The third-order valence-corrected chi connectivity index (χ3v) is 6.30. The van der Waals surface area contributed by atoms with Crippen LogP contribution in [0.5, 0.6) is 0 Å². The fourth-order valence-corrected chi connectivity index (χ4v) is 4.49. The first-order chi connectivity index (χ1) is 16.6. The van der Waals surface area contributed by atoms with Gasteiger partial charge in [-0.25, -0.2) is 4.39 Å². The van der Waals surface area contributed by atoms with Crippen molar-refractivity contribution in [2.24, 2.45) is 0 Å². The Labute approximate surface area is 197 Å². The van der Waals surface area contributed by atoms with Crippen LogP contribution in [0.2, 0.25) is 0 Å². The standard InChI is InChI=1S/C26H26FN5O2/c27-21-13-10-19(26-30-29-23-5-2-1-3-15-32(23)26)17-22(21)28-24(33)14-9-18-7-11-20(12-8-18)31-16-4-6-25(31)34/h7-14,17H,1-6,15-16H2,(H,28,33)/b14-9+. The van der Waals surface area contributed by atoms with Crippen LogP contribution in [0.25, 0.3) is 17.5 Å². The van der Waals surface area contributed by atoms with Gasteiger partial charge in [0.1, 0.15) is 11.6 Å². The predicted molar refractivity (Wildman–Crippen MR) is 129 cm³/mol. The maximum atomic E-state index is 14.4. The van der Waals surface area contributed by atoms with Crippen molar-refractivity contribution in [3.8, 4) is 11.4 Å². The molecule has 3 heterocycles. The molecule has 2 aliphatic rings. The van der Waals surface area contributed by atoms with E-state index in [1.165, 1.54) is 12.1 Å². The lowest BCUT2D eigenvalue weighted by molar-refractivity contribution is -0.117. The van der Waals surface area contributed by atoms with Crippen molar-refractivity contribution in [3.05, 3.63) is 65.7 Å². The highest BCUT2D eigenvalue weighted by Gasteiger charge is 2.21. The molecule has 1 N–H and O–H groups in total. The van der Waals surface area contributed by atoms with Gasteiger partial charge in [0.05, 0.1) is 5.69 Å². The van der Waals surface area contributed by atoms with Gasteiger partial charge in [0.2, 0.25) is 11.8 Å². The number of benzene rings is 2. The maximum Gasteiger partial charge on any atom is 0.248 e. The average molecular weight is 460 g/mol. The molecule has 0 radical (unpaired) electrons. The molecule has 7 nitrogen and oxygen atoms in total. The van der Waals surface area contributed by atoms with Gasteiger partial charge in [-0.15, -0.1) is 10.2 Å². The van der Waals surface area contributed by atoms with E-state index in [1.54, 1.807) is 23.1 Å². The SMILES string of the molecule is O=C(/C=C/c1ccc(N2CCCC2=O)cc1)Nc1cc(-c2nnc3n2CCCCC3)ccc1F. The van der Waals surface area contributed by atoms with Gasteiger partial charge in [0.25, 0.3) is 0 Å². The van der Waals surface area contributed by atoms with Gasteiger partial charge < -0.3 is 14.8 Å². The summed E-state index contributed by atoms with van der Waals surface area (Å²) in [6.07, 6.45) is 8.67. The molecule has 174 valence electrons. The van der Waals surface area contributed by atoms with Gasteiger partial charge in [0, 0.05) is 43.3 Å². The van der Waals surface area contributed by atoms with Crippen molar-refractivity contribution in [2.45, 2.75) is 45.1 Å². The molecule has 0 unspecified atom stereocenters. The number of anilines is 2. The Kier molecular flexibility index (Phi) is 6.20. The Balaban J connectivity index is 1.28. The Hall–Kier alpha value is -3.81. The molecule has 0 bridgehead atoms. The number of fused-ring (bicyclic) bond motifs is 1. The highest BCUT2D eigenvalue weighted by atomic mass is 19.1. The van der Waals surface area contributed by atoms with Crippen LogP contribution >= 0.6 is 0 Å². The summed E-state index contributed by atoms with van der Waals surface area (Å²) in [6.45, 7) is 1.57. The molecule has 34 heavy (non-hydrogen) atoms. The number of hydrogen-bond acceptors (Lipinski definition) is 4. The third kappa shape index (κ3) is 4.62. The van der Waals surface area contributed by atoms with Crippen LogP contribution in [0.4, 0.5) is 15.8 Å². The van der Waals surface area contributed by atoms with E-state index in [0.717, 1.165) is 62.3 Å². The van der Waals surface area contributed by atoms with Crippen LogP contribution in [0.3, 0.4) is 0 Å². The highest BCUT2D eigenvalue weighted by Crippen LogP contribution is 2.27. The molecular formula is C26H26FN5O2. The number of nitrogens with one attached hydrogen (secondary N) is 1. The topological polar surface area (TPSA) is 80.1 Å². The summed E-state index contributed by atoms with van der Waals surface area (Å²) in [7, 11) is 0. The number of rotatable bonds is 5. The van der Waals surface area contributed by atoms with Crippen LogP contribution in [-0.2, 0) is 22.6 Å². The van der Waals surface area contributed by atoms with Crippen molar-refractivity contribution in [3.63, 3.8) is 0 Å². The Bertz CT molecular complexity index is 1250. The van der Waals surface area contributed by atoms with Gasteiger partial charge >= 0.3 is 0 Å². The summed E-state index contributed by atoms with van der Waals surface area (Å²) >= 11 is 0. The average Bonchev–Trinajstić information content (AvgIpc) is 3.38. The Morgan fingerprint density at radius 2 is 1.82 bits per heavy atom. The second-order valence-corrected chi connectivity index (χ2v) is 8.66. The molecular weight excluding hydrogens is 433 g/mol. The van der Waals surface area contributed by atoms with Crippen LogP contribution in [0.15, 0.2) is 48.5 Å². The monoisotopic (exact) mass is 459 g/mol. The minimum absolute atomic E-state index is 0.0982. The lowest BCUT2D eigenvalue weighted by Gasteiger charge is -2.15. The molecule has 5 rings (SSSR count). The van der Waals surface area contributed by atoms with Crippen LogP contribution < -0.4 is 10.2 Å². The zero-order valence-electron chi connectivity index (χ0n) is 18.8. The molecule has 1 aromatic heterocycles. The number of hydrogen-bond donors (Lipinski definition) is 1. The third-order valence-electron chi connectivity index (χ3n) is 6.30. The molecule has 2 aliphatic heterocycles. The highest BCUT2D eigenvalue weighted by molar-refractivity contribution is 6.02. The van der Waals surface area contributed by atoms with E-state index < -0.39 is 11.7 Å². The number of aryl methyl sites for hydroxylation is 1. The van der Waals surface area contributed by atoms with Gasteiger partial charge in [-0.05, 0) is 61.2 Å². The van der Waals surface area contributed by atoms with E-state index in [0.29, 0.717) is 17.8 Å². The van der Waals surface area contributed by atoms with Crippen molar-refractivity contribution >= 4 is 29.3 Å². The summed E-state index contributed by atoms with van der Waals surface area (Å²) in [5.74, 6) is 0.828. The molecule has 0 aliphatic carbocycles. The first-order valence-corrected chi connectivity index (χ1v) is 11.7. The fourth-order valence-electron chi connectivity index (χ4n) is 4.49. The van der Waals surface area contributed by atoms with Crippen LogP contribution in [0.1, 0.15) is 43.5 Å². The van der Waals surface area contributed by atoms with Crippen LogP contribution in [0, 0.1) is 5.82 Å². The van der Waals surface area contributed by atoms with Crippen molar-refractivity contribution in [2.75, 3.05) is 16.8 Å². The lowest BCUT2D eigenvalue weighted by atomic mass is 10.1. The van der Waals surface area contributed by atoms with Crippen molar-refractivity contribution < 1.29 is 14.0 Å². The van der Waals surface area contributed by atoms with E-state index in [9.17, 15) is 14.0 Å². The molecule has 2 amide bonds. The molecule has 8 heteroatoms. The molecule has 3 aromatic rings.